The lowest BCUT2D eigenvalue weighted by atomic mass is 10.2. The fourth-order valence-electron chi connectivity index (χ4n) is 3.29. The lowest BCUT2D eigenvalue weighted by molar-refractivity contribution is -0.116. The van der Waals surface area contributed by atoms with E-state index in [4.69, 9.17) is 24.0 Å². The second-order valence-corrected chi connectivity index (χ2v) is 7.90. The van der Waals surface area contributed by atoms with Gasteiger partial charge in [0, 0.05) is 12.0 Å². The quantitative estimate of drug-likeness (QED) is 0.445. The van der Waals surface area contributed by atoms with Crippen LogP contribution in [0.1, 0.15) is 18.2 Å². The smallest absolute Gasteiger partial charge is 0.397 e. The first kappa shape index (κ1) is 22.6. The number of imidazole rings is 1. The van der Waals surface area contributed by atoms with E-state index in [2.05, 4.69) is 15.0 Å². The summed E-state index contributed by atoms with van der Waals surface area (Å²) < 4.78 is 72.0. The minimum atomic E-state index is -3.14. The molecular weight excluding hydrogens is 457 g/mol. The van der Waals surface area contributed by atoms with Gasteiger partial charge in [-0.05, 0) is 6.07 Å². The minimum Gasteiger partial charge on any atom is -0.426 e. The molecule has 2 aliphatic rings. The number of nitrogens with two attached hydrogens (primary N) is 1. The van der Waals surface area contributed by atoms with E-state index in [0.717, 1.165) is 5.56 Å². The highest BCUT2D eigenvalue weighted by Crippen LogP contribution is 2.49. The van der Waals surface area contributed by atoms with Crippen LogP contribution in [-0.2, 0) is 20.4 Å². The molecule has 2 N–H and O–H groups in total. The fraction of sp³-hybridized carbons (Fsp3) is 0.389. The Morgan fingerprint density at radius 1 is 1.22 bits per heavy atom. The molecule has 0 amide bonds. The standard InChI is InChI=1S/C17H16F2N5O4P.CH2F2/c18-17(19)5-11(7-26-29-25-6-10-3-1-2-4-12(10)28-29)27-16(17)24-9-23-13-14(20)21-8-22-15(13)24;2-1-3/h1-4,8-9,11,16H,5-7H2,(H2,20,21,22);1H2. The molecule has 172 valence electrons. The zero-order chi connectivity index (χ0) is 22.7. The molecule has 4 heterocycles. The van der Waals surface area contributed by atoms with E-state index in [1.165, 1.54) is 17.2 Å². The third-order valence-electron chi connectivity index (χ3n) is 4.66. The largest absolute Gasteiger partial charge is 0.426 e. The van der Waals surface area contributed by atoms with Gasteiger partial charge < -0.3 is 15.0 Å². The molecule has 14 heteroatoms. The van der Waals surface area contributed by atoms with E-state index < -0.39 is 40.2 Å². The van der Waals surface area contributed by atoms with E-state index in [0.29, 0.717) is 12.4 Å². The molecule has 3 aromatic rings. The van der Waals surface area contributed by atoms with Crippen molar-refractivity contribution in [2.75, 3.05) is 19.3 Å². The first-order valence-electron chi connectivity index (χ1n) is 9.33. The SMILES string of the molecule is FCF.Nc1ncnc2c1ncn2C1OC(COP2OCc3ccccc3O2)CC1(F)F. The van der Waals surface area contributed by atoms with Crippen molar-refractivity contribution in [1.29, 1.82) is 0 Å². The van der Waals surface area contributed by atoms with Crippen LogP contribution in [0.2, 0.25) is 0 Å². The number of anilines is 1. The van der Waals surface area contributed by atoms with E-state index >= 15 is 0 Å². The number of rotatable bonds is 4. The lowest BCUT2D eigenvalue weighted by Crippen LogP contribution is -2.25. The average Bonchev–Trinajstić information content (AvgIpc) is 3.33. The number of benzene rings is 1. The van der Waals surface area contributed by atoms with Gasteiger partial charge in [0.1, 0.15) is 17.6 Å². The molecule has 1 aromatic carbocycles. The van der Waals surface area contributed by atoms with Gasteiger partial charge in [0.2, 0.25) is 13.2 Å². The molecule has 0 aliphatic carbocycles. The maximum absolute atomic E-state index is 14.7. The summed E-state index contributed by atoms with van der Waals surface area (Å²) in [5.41, 5.74) is 7.07. The number of halogens is 4. The Balaban J connectivity index is 0.000000775. The molecule has 0 bridgehead atoms. The number of hydrogen-bond donors (Lipinski definition) is 1. The normalized spacial score (nSPS) is 23.8. The molecule has 32 heavy (non-hydrogen) atoms. The van der Waals surface area contributed by atoms with Gasteiger partial charge in [-0.2, -0.15) is 0 Å². The van der Waals surface area contributed by atoms with Gasteiger partial charge in [0.25, 0.3) is 5.92 Å². The summed E-state index contributed by atoms with van der Waals surface area (Å²) in [4.78, 5) is 11.8. The van der Waals surface area contributed by atoms with Crippen LogP contribution in [0.5, 0.6) is 5.75 Å². The molecule has 0 saturated carbocycles. The van der Waals surface area contributed by atoms with Crippen molar-refractivity contribution in [3.8, 4) is 5.75 Å². The van der Waals surface area contributed by atoms with Gasteiger partial charge in [0.15, 0.2) is 11.5 Å². The number of aromatic nitrogens is 4. The van der Waals surface area contributed by atoms with Crippen molar-refractivity contribution < 1.29 is 35.9 Å². The summed E-state index contributed by atoms with van der Waals surface area (Å²) in [7, 11) is -1.68. The van der Waals surface area contributed by atoms with Gasteiger partial charge in [0.05, 0.1) is 25.6 Å². The van der Waals surface area contributed by atoms with Crippen LogP contribution in [0.3, 0.4) is 0 Å². The molecule has 2 aliphatic heterocycles. The summed E-state index contributed by atoms with van der Waals surface area (Å²) >= 11 is 0. The Morgan fingerprint density at radius 3 is 2.81 bits per heavy atom. The fourth-order valence-corrected chi connectivity index (χ4v) is 4.34. The van der Waals surface area contributed by atoms with Gasteiger partial charge in [-0.1, -0.05) is 18.2 Å². The van der Waals surface area contributed by atoms with Crippen molar-refractivity contribution >= 4 is 25.6 Å². The maximum atomic E-state index is 14.7. The van der Waals surface area contributed by atoms with Crippen molar-refractivity contribution in [2.24, 2.45) is 0 Å². The molecule has 0 spiro atoms. The summed E-state index contributed by atoms with van der Waals surface area (Å²) in [5.74, 6) is -2.36. The summed E-state index contributed by atoms with van der Waals surface area (Å²) in [5, 5.41) is 0. The third-order valence-corrected chi connectivity index (χ3v) is 5.70. The van der Waals surface area contributed by atoms with E-state index in [1.807, 2.05) is 24.3 Å². The van der Waals surface area contributed by atoms with Crippen LogP contribution in [0.4, 0.5) is 23.4 Å². The zero-order valence-electron chi connectivity index (χ0n) is 16.4. The molecule has 0 radical (unpaired) electrons. The molecule has 9 nitrogen and oxygen atoms in total. The van der Waals surface area contributed by atoms with Gasteiger partial charge >= 0.3 is 8.60 Å². The van der Waals surface area contributed by atoms with Crippen molar-refractivity contribution in [2.45, 2.75) is 31.3 Å². The highest BCUT2D eigenvalue weighted by molar-refractivity contribution is 7.42. The second-order valence-electron chi connectivity index (χ2n) is 6.75. The van der Waals surface area contributed by atoms with Gasteiger partial charge in [-0.15, -0.1) is 0 Å². The summed E-state index contributed by atoms with van der Waals surface area (Å²) in [6.45, 7) is -1.50. The number of nitrogen functional groups attached to an aromatic ring is 1. The Kier molecular flexibility index (Phi) is 6.70. The number of ether oxygens (including phenoxy) is 1. The molecule has 1 saturated heterocycles. The molecule has 3 atom stereocenters. The van der Waals surface area contributed by atoms with Gasteiger partial charge in [-0.3, -0.25) is 13.6 Å². The van der Waals surface area contributed by atoms with Crippen molar-refractivity contribution in [3.05, 3.63) is 42.5 Å². The van der Waals surface area contributed by atoms with Crippen LogP contribution < -0.4 is 10.3 Å². The number of fused-ring (bicyclic) bond motifs is 2. The van der Waals surface area contributed by atoms with Crippen molar-refractivity contribution in [1.82, 2.24) is 19.5 Å². The second kappa shape index (κ2) is 9.49. The van der Waals surface area contributed by atoms with E-state index in [-0.39, 0.29) is 23.6 Å². The molecule has 2 aromatic heterocycles. The summed E-state index contributed by atoms with van der Waals surface area (Å²) in [6, 6.07) is 7.42. The van der Waals surface area contributed by atoms with Crippen LogP contribution >= 0.6 is 8.60 Å². The van der Waals surface area contributed by atoms with Crippen LogP contribution in [0, 0.1) is 0 Å². The predicted molar refractivity (Wildman–Crippen MR) is 105 cm³/mol. The highest BCUT2D eigenvalue weighted by atomic mass is 31.2. The Morgan fingerprint density at radius 2 is 2.00 bits per heavy atom. The highest BCUT2D eigenvalue weighted by Gasteiger charge is 2.52. The van der Waals surface area contributed by atoms with Crippen LogP contribution in [0.25, 0.3) is 11.2 Å². The van der Waals surface area contributed by atoms with E-state index in [9.17, 15) is 17.6 Å². The first-order valence-corrected chi connectivity index (χ1v) is 10.4. The molecule has 5 rings (SSSR count). The van der Waals surface area contributed by atoms with Crippen LogP contribution in [-0.4, -0.2) is 45.1 Å². The average molecular weight is 475 g/mol. The zero-order valence-corrected chi connectivity index (χ0v) is 17.3. The van der Waals surface area contributed by atoms with Crippen LogP contribution in [0.15, 0.2) is 36.9 Å². The third kappa shape index (κ3) is 4.60. The first-order chi connectivity index (χ1) is 15.4. The number of alkyl halides is 4. The Bertz CT molecular complexity index is 1070. The van der Waals surface area contributed by atoms with Crippen molar-refractivity contribution in [3.63, 3.8) is 0 Å². The molecular formula is C18H18F4N5O4P. The Labute approximate surface area is 180 Å². The topological polar surface area (TPSA) is 107 Å². The van der Waals surface area contributed by atoms with Gasteiger partial charge in [-0.25, -0.2) is 32.5 Å². The molecule has 1 fully saturated rings. The number of hydrogen-bond acceptors (Lipinski definition) is 8. The maximum Gasteiger partial charge on any atom is 0.397 e. The number of para-hydroxylation sites is 1. The number of nitrogens with zero attached hydrogens (tertiary/aromatic N) is 4. The summed E-state index contributed by atoms with van der Waals surface area (Å²) in [6.07, 6.45) is -0.513. The minimum absolute atomic E-state index is 0.0935. The Hall–Kier alpha value is -2.60. The van der Waals surface area contributed by atoms with E-state index in [1.54, 1.807) is 0 Å². The monoisotopic (exact) mass is 475 g/mol. The molecule has 3 unspecified atom stereocenters. The predicted octanol–water partition coefficient (Wildman–Crippen LogP) is 4.07. The lowest BCUT2D eigenvalue weighted by Gasteiger charge is -2.24.